The van der Waals surface area contributed by atoms with Crippen molar-refractivity contribution in [3.05, 3.63) is 0 Å². The second-order valence-corrected chi connectivity index (χ2v) is 6.82. The van der Waals surface area contributed by atoms with E-state index in [1.807, 2.05) is 0 Å². The SMILES string of the molecule is CC(C)CN1CCC(O)(C2(CN)CCOCC2)CC1. The largest absolute Gasteiger partial charge is 0.389 e. The zero-order valence-corrected chi connectivity index (χ0v) is 12.5. The van der Waals surface area contributed by atoms with Crippen molar-refractivity contribution >= 4 is 0 Å². The molecular formula is C15H30N2O2. The number of ether oxygens (including phenoxy) is 1. The van der Waals surface area contributed by atoms with E-state index >= 15 is 0 Å². The van der Waals surface area contributed by atoms with Crippen molar-refractivity contribution in [3.8, 4) is 0 Å². The number of piperidine rings is 1. The van der Waals surface area contributed by atoms with Crippen molar-refractivity contribution in [2.24, 2.45) is 17.1 Å². The highest BCUT2D eigenvalue weighted by atomic mass is 16.5. The van der Waals surface area contributed by atoms with Gasteiger partial charge in [0.2, 0.25) is 0 Å². The zero-order chi connectivity index (χ0) is 13.9. The molecule has 0 aromatic heterocycles. The third-order valence-electron chi connectivity index (χ3n) is 5.13. The van der Waals surface area contributed by atoms with E-state index in [-0.39, 0.29) is 5.41 Å². The first-order valence-electron chi connectivity index (χ1n) is 7.74. The second-order valence-electron chi connectivity index (χ2n) is 6.82. The van der Waals surface area contributed by atoms with E-state index in [0.29, 0.717) is 12.5 Å². The molecule has 0 aromatic rings. The monoisotopic (exact) mass is 270 g/mol. The molecule has 4 heteroatoms. The van der Waals surface area contributed by atoms with E-state index in [4.69, 9.17) is 10.5 Å². The van der Waals surface area contributed by atoms with Gasteiger partial charge in [-0.15, -0.1) is 0 Å². The lowest BCUT2D eigenvalue weighted by Crippen LogP contribution is -2.59. The van der Waals surface area contributed by atoms with Gasteiger partial charge in [0, 0.05) is 44.8 Å². The molecule has 0 saturated carbocycles. The van der Waals surface area contributed by atoms with Crippen molar-refractivity contribution in [1.82, 2.24) is 4.90 Å². The quantitative estimate of drug-likeness (QED) is 0.806. The normalized spacial score (nSPS) is 27.6. The van der Waals surface area contributed by atoms with Crippen molar-refractivity contribution in [2.45, 2.75) is 45.1 Å². The number of likely N-dealkylation sites (tertiary alicyclic amines) is 1. The van der Waals surface area contributed by atoms with Gasteiger partial charge in [0.1, 0.15) is 0 Å². The van der Waals surface area contributed by atoms with E-state index in [1.165, 1.54) is 0 Å². The summed E-state index contributed by atoms with van der Waals surface area (Å²) in [6, 6.07) is 0. The molecule has 4 nitrogen and oxygen atoms in total. The molecule has 0 unspecified atom stereocenters. The van der Waals surface area contributed by atoms with Crippen LogP contribution in [0.15, 0.2) is 0 Å². The van der Waals surface area contributed by atoms with Crippen LogP contribution in [0.1, 0.15) is 39.5 Å². The molecule has 2 saturated heterocycles. The van der Waals surface area contributed by atoms with Gasteiger partial charge in [0.05, 0.1) is 5.60 Å². The first-order chi connectivity index (χ1) is 9.01. The predicted molar refractivity (Wildman–Crippen MR) is 77.0 cm³/mol. The Morgan fingerprint density at radius 3 is 2.21 bits per heavy atom. The molecule has 19 heavy (non-hydrogen) atoms. The molecule has 2 heterocycles. The van der Waals surface area contributed by atoms with Gasteiger partial charge in [0.25, 0.3) is 0 Å². The third-order valence-corrected chi connectivity index (χ3v) is 5.13. The van der Waals surface area contributed by atoms with Gasteiger partial charge >= 0.3 is 0 Å². The first-order valence-corrected chi connectivity index (χ1v) is 7.74. The standard InChI is InChI=1S/C15H30N2O2/c1-13(2)11-17-7-3-15(18,4-8-17)14(12-16)5-9-19-10-6-14/h13,18H,3-12,16H2,1-2H3. The van der Waals surface area contributed by atoms with Crippen LogP contribution in [0, 0.1) is 11.3 Å². The lowest BCUT2D eigenvalue weighted by molar-refractivity contribution is -0.154. The van der Waals surface area contributed by atoms with E-state index in [9.17, 15) is 5.11 Å². The molecule has 0 aromatic carbocycles. The topological polar surface area (TPSA) is 58.7 Å². The molecule has 0 radical (unpaired) electrons. The van der Waals surface area contributed by atoms with Crippen molar-refractivity contribution in [1.29, 1.82) is 0 Å². The van der Waals surface area contributed by atoms with Crippen LogP contribution in [0.4, 0.5) is 0 Å². The van der Waals surface area contributed by atoms with E-state index in [0.717, 1.165) is 58.5 Å². The molecular weight excluding hydrogens is 240 g/mol. The summed E-state index contributed by atoms with van der Waals surface area (Å²) in [6.45, 7) is 9.70. The molecule has 2 rings (SSSR count). The summed E-state index contributed by atoms with van der Waals surface area (Å²) in [5, 5.41) is 11.1. The van der Waals surface area contributed by atoms with Crippen LogP contribution in [-0.2, 0) is 4.74 Å². The lowest BCUT2D eigenvalue weighted by atomic mass is 9.63. The van der Waals surface area contributed by atoms with Crippen LogP contribution in [0.5, 0.6) is 0 Å². The van der Waals surface area contributed by atoms with Gasteiger partial charge in [-0.25, -0.2) is 0 Å². The van der Waals surface area contributed by atoms with Crippen molar-refractivity contribution in [2.75, 3.05) is 39.4 Å². The van der Waals surface area contributed by atoms with Gasteiger partial charge in [-0.1, -0.05) is 13.8 Å². The Bertz CT molecular complexity index is 280. The predicted octanol–water partition coefficient (Wildman–Crippen LogP) is 1.22. The van der Waals surface area contributed by atoms with E-state index in [2.05, 4.69) is 18.7 Å². The molecule has 0 atom stereocenters. The van der Waals surface area contributed by atoms with Gasteiger partial charge in [-0.05, 0) is 31.6 Å². The minimum Gasteiger partial charge on any atom is -0.389 e. The van der Waals surface area contributed by atoms with Crippen LogP contribution in [0.2, 0.25) is 0 Å². The minimum atomic E-state index is -0.584. The van der Waals surface area contributed by atoms with Crippen molar-refractivity contribution in [3.63, 3.8) is 0 Å². The highest BCUT2D eigenvalue weighted by molar-refractivity contribution is 5.03. The molecule has 0 bridgehead atoms. The Kier molecular flexibility index (Phi) is 4.88. The summed E-state index contributed by atoms with van der Waals surface area (Å²) in [6.07, 6.45) is 3.53. The van der Waals surface area contributed by atoms with Gasteiger partial charge < -0.3 is 20.5 Å². The van der Waals surface area contributed by atoms with Gasteiger partial charge in [0.15, 0.2) is 0 Å². The number of rotatable bonds is 4. The van der Waals surface area contributed by atoms with Crippen LogP contribution in [0.25, 0.3) is 0 Å². The number of hydrogen-bond acceptors (Lipinski definition) is 4. The Morgan fingerprint density at radius 1 is 1.16 bits per heavy atom. The minimum absolute atomic E-state index is 0.116. The molecule has 3 N–H and O–H groups in total. The Morgan fingerprint density at radius 2 is 1.74 bits per heavy atom. The van der Waals surface area contributed by atoms with Crippen LogP contribution < -0.4 is 5.73 Å². The van der Waals surface area contributed by atoms with Crippen LogP contribution >= 0.6 is 0 Å². The molecule has 2 aliphatic rings. The maximum absolute atomic E-state index is 11.1. The molecule has 0 spiro atoms. The first kappa shape index (κ1) is 15.2. The summed E-state index contributed by atoms with van der Waals surface area (Å²) in [5.41, 5.74) is 5.34. The number of nitrogens with two attached hydrogens (primary N) is 1. The number of nitrogens with zero attached hydrogens (tertiary/aromatic N) is 1. The maximum atomic E-state index is 11.1. The zero-order valence-electron chi connectivity index (χ0n) is 12.5. The average molecular weight is 270 g/mol. The Balaban J connectivity index is 1.99. The summed E-state index contributed by atoms with van der Waals surface area (Å²) in [5.74, 6) is 0.692. The van der Waals surface area contributed by atoms with E-state index in [1.54, 1.807) is 0 Å². The molecule has 0 amide bonds. The lowest BCUT2D eigenvalue weighted by Gasteiger charge is -2.52. The van der Waals surface area contributed by atoms with Crippen molar-refractivity contribution < 1.29 is 9.84 Å². The highest BCUT2D eigenvalue weighted by Gasteiger charge is 2.50. The molecule has 2 aliphatic heterocycles. The summed E-state index contributed by atoms with van der Waals surface area (Å²) in [4.78, 5) is 2.47. The summed E-state index contributed by atoms with van der Waals surface area (Å²) >= 11 is 0. The maximum Gasteiger partial charge on any atom is 0.0741 e. The van der Waals surface area contributed by atoms with Gasteiger partial charge in [-0.2, -0.15) is 0 Å². The third kappa shape index (κ3) is 3.13. The average Bonchev–Trinajstić information content (AvgIpc) is 2.42. The van der Waals surface area contributed by atoms with Crippen LogP contribution in [0.3, 0.4) is 0 Å². The Hall–Kier alpha value is -0.160. The van der Waals surface area contributed by atoms with E-state index < -0.39 is 5.60 Å². The summed E-state index contributed by atoms with van der Waals surface area (Å²) in [7, 11) is 0. The fourth-order valence-electron chi connectivity index (χ4n) is 3.77. The highest BCUT2D eigenvalue weighted by Crippen LogP contribution is 2.45. The molecule has 0 aliphatic carbocycles. The number of hydrogen-bond donors (Lipinski definition) is 2. The fourth-order valence-corrected chi connectivity index (χ4v) is 3.77. The molecule has 112 valence electrons. The Labute approximate surface area is 117 Å². The van der Waals surface area contributed by atoms with Gasteiger partial charge in [-0.3, -0.25) is 0 Å². The smallest absolute Gasteiger partial charge is 0.0741 e. The number of aliphatic hydroxyl groups is 1. The second kappa shape index (κ2) is 6.08. The molecule has 2 fully saturated rings. The van der Waals surface area contributed by atoms with Crippen LogP contribution in [-0.4, -0.2) is 55.0 Å². The fraction of sp³-hybridized carbons (Fsp3) is 1.00. The summed E-state index contributed by atoms with van der Waals surface area (Å²) < 4.78 is 5.46.